The molecule has 8 aromatic rings. The second-order valence-corrected chi connectivity index (χ2v) is 8.73. The van der Waals surface area contributed by atoms with Crippen LogP contribution in [0.5, 0.6) is 0 Å². The molecule has 4 aromatic heterocycles. The lowest BCUT2D eigenvalue weighted by Gasteiger charge is -2.13. The zero-order valence-corrected chi connectivity index (χ0v) is 17.7. The molecule has 0 radical (unpaired) electrons. The maximum atomic E-state index is 4.46. The quantitative estimate of drug-likeness (QED) is 0.256. The fraction of sp³-hybridized carbons (Fsp3) is 0. The molecule has 33 heavy (non-hydrogen) atoms. The Morgan fingerprint density at radius 3 is 1.64 bits per heavy atom. The summed E-state index contributed by atoms with van der Waals surface area (Å²) in [6.45, 7) is 0. The molecule has 0 bridgehead atoms. The molecule has 4 aromatic carbocycles. The van der Waals surface area contributed by atoms with Crippen molar-refractivity contribution in [3.63, 3.8) is 0 Å². The summed E-state index contributed by atoms with van der Waals surface area (Å²) >= 11 is 0. The largest absolute Gasteiger partial charge is 0.308 e. The Labute approximate surface area is 188 Å². The van der Waals surface area contributed by atoms with Crippen molar-refractivity contribution < 1.29 is 0 Å². The maximum absolute atomic E-state index is 4.46. The lowest BCUT2D eigenvalue weighted by molar-refractivity contribution is 1.30. The van der Waals surface area contributed by atoms with Gasteiger partial charge in [0.25, 0.3) is 0 Å². The molecule has 0 atom stereocenters. The summed E-state index contributed by atoms with van der Waals surface area (Å²) < 4.78 is 2.36. The molecule has 0 aliphatic rings. The van der Waals surface area contributed by atoms with E-state index in [1.807, 2.05) is 24.8 Å². The molecule has 0 spiro atoms. The van der Waals surface area contributed by atoms with Gasteiger partial charge in [-0.25, -0.2) is 0 Å². The minimum absolute atomic E-state index is 1.18. The van der Waals surface area contributed by atoms with E-state index < -0.39 is 0 Å². The predicted octanol–water partition coefficient (Wildman–Crippen LogP) is 7.60. The van der Waals surface area contributed by atoms with Gasteiger partial charge in [0.1, 0.15) is 0 Å². The van der Waals surface area contributed by atoms with Crippen LogP contribution in [-0.4, -0.2) is 14.4 Å². The van der Waals surface area contributed by atoms with Crippen molar-refractivity contribution >= 4 is 59.6 Å². The van der Waals surface area contributed by atoms with Crippen molar-refractivity contribution in [2.75, 3.05) is 0 Å². The molecule has 3 heteroatoms. The number of rotatable bonds is 1. The first-order valence-corrected chi connectivity index (χ1v) is 11.2. The van der Waals surface area contributed by atoms with Gasteiger partial charge in [-0.3, -0.25) is 9.97 Å². The van der Waals surface area contributed by atoms with E-state index in [0.29, 0.717) is 0 Å². The molecule has 3 nitrogen and oxygen atoms in total. The van der Waals surface area contributed by atoms with Crippen molar-refractivity contribution in [2.45, 2.75) is 0 Å². The minimum Gasteiger partial charge on any atom is -0.308 e. The van der Waals surface area contributed by atoms with Crippen molar-refractivity contribution in [3.05, 3.63) is 104 Å². The second-order valence-electron chi connectivity index (χ2n) is 8.73. The average molecular weight is 419 g/mol. The highest BCUT2D eigenvalue weighted by Crippen LogP contribution is 2.44. The average Bonchev–Trinajstić information content (AvgIpc) is 3.39. The van der Waals surface area contributed by atoms with Gasteiger partial charge in [-0.1, -0.05) is 48.5 Å². The van der Waals surface area contributed by atoms with E-state index in [1.165, 1.54) is 70.8 Å². The number of pyridine rings is 2. The lowest BCUT2D eigenvalue weighted by atomic mass is 9.90. The van der Waals surface area contributed by atoms with Gasteiger partial charge in [0, 0.05) is 46.3 Å². The van der Waals surface area contributed by atoms with Crippen LogP contribution in [0.25, 0.3) is 70.8 Å². The highest BCUT2D eigenvalue weighted by Gasteiger charge is 2.20. The van der Waals surface area contributed by atoms with Crippen LogP contribution in [0.3, 0.4) is 0 Å². The summed E-state index contributed by atoms with van der Waals surface area (Å²) in [6.07, 6.45) is 7.75. The summed E-state index contributed by atoms with van der Waals surface area (Å²) in [4.78, 5) is 8.93. The van der Waals surface area contributed by atoms with E-state index in [0.717, 1.165) is 0 Å². The second kappa shape index (κ2) is 6.05. The Hall–Kier alpha value is -4.50. The Bertz CT molecular complexity index is 1890. The van der Waals surface area contributed by atoms with E-state index in [2.05, 4.69) is 93.2 Å². The van der Waals surface area contributed by atoms with Gasteiger partial charge < -0.3 is 4.40 Å². The zero-order valence-electron chi connectivity index (χ0n) is 17.7. The summed E-state index contributed by atoms with van der Waals surface area (Å²) in [5, 5.41) is 9.90. The van der Waals surface area contributed by atoms with Crippen LogP contribution in [0.2, 0.25) is 0 Å². The molecular weight excluding hydrogens is 402 g/mol. The molecule has 0 unspecified atom stereocenters. The molecule has 4 heterocycles. The van der Waals surface area contributed by atoms with E-state index >= 15 is 0 Å². The van der Waals surface area contributed by atoms with Crippen LogP contribution in [0.1, 0.15) is 0 Å². The van der Waals surface area contributed by atoms with Crippen LogP contribution < -0.4 is 0 Å². The Balaban J connectivity index is 1.65. The Kier molecular flexibility index (Phi) is 3.14. The highest BCUT2D eigenvalue weighted by atomic mass is 14.9. The third-order valence-corrected chi connectivity index (χ3v) is 7.05. The fourth-order valence-electron chi connectivity index (χ4n) is 5.70. The van der Waals surface area contributed by atoms with Gasteiger partial charge in [-0.05, 0) is 63.0 Å². The molecule has 0 saturated carbocycles. The van der Waals surface area contributed by atoms with Crippen molar-refractivity contribution in [1.29, 1.82) is 0 Å². The van der Waals surface area contributed by atoms with Gasteiger partial charge in [0.15, 0.2) is 0 Å². The molecular formula is C30H17N3. The molecule has 0 fully saturated rings. The molecule has 0 amide bonds. The fourth-order valence-corrected chi connectivity index (χ4v) is 5.70. The third-order valence-electron chi connectivity index (χ3n) is 7.05. The van der Waals surface area contributed by atoms with Crippen molar-refractivity contribution in [1.82, 2.24) is 14.4 Å². The monoisotopic (exact) mass is 419 g/mol. The first-order valence-electron chi connectivity index (χ1n) is 11.2. The van der Waals surface area contributed by atoms with Gasteiger partial charge in [0.2, 0.25) is 0 Å². The number of hydrogen-bond donors (Lipinski definition) is 0. The van der Waals surface area contributed by atoms with E-state index in [1.54, 1.807) is 0 Å². The molecule has 0 aliphatic carbocycles. The molecule has 0 saturated heterocycles. The molecule has 8 rings (SSSR count). The minimum atomic E-state index is 1.18. The van der Waals surface area contributed by atoms with Crippen molar-refractivity contribution in [2.24, 2.45) is 0 Å². The van der Waals surface area contributed by atoms with E-state index in [9.17, 15) is 0 Å². The number of fused-ring (bicyclic) bond motifs is 8. The molecule has 152 valence electrons. The third kappa shape index (κ3) is 2.14. The summed E-state index contributed by atoms with van der Waals surface area (Å²) in [7, 11) is 0. The maximum Gasteiger partial charge on any atom is 0.0622 e. The summed E-state index contributed by atoms with van der Waals surface area (Å²) in [5.74, 6) is 0. The Morgan fingerprint density at radius 1 is 0.515 bits per heavy atom. The van der Waals surface area contributed by atoms with Crippen LogP contribution in [-0.2, 0) is 0 Å². The van der Waals surface area contributed by atoms with Gasteiger partial charge in [0.05, 0.1) is 16.6 Å². The number of nitrogens with zero attached hydrogens (tertiary/aromatic N) is 3. The SMILES string of the molecule is c1ccc2c(-c3cc4c5cnccc5n5c6ccncc6c(c3)c45)c3ccccc3cc2c1. The van der Waals surface area contributed by atoms with E-state index in [4.69, 9.17) is 0 Å². The Morgan fingerprint density at radius 2 is 1.06 bits per heavy atom. The molecule has 0 aliphatic heterocycles. The van der Waals surface area contributed by atoms with Crippen LogP contribution in [0, 0.1) is 0 Å². The van der Waals surface area contributed by atoms with Crippen LogP contribution in [0.15, 0.2) is 104 Å². The molecule has 0 N–H and O–H groups in total. The van der Waals surface area contributed by atoms with Gasteiger partial charge >= 0.3 is 0 Å². The summed E-state index contributed by atoms with van der Waals surface area (Å²) in [6, 6.07) is 28.6. The topological polar surface area (TPSA) is 30.2 Å². The summed E-state index contributed by atoms with van der Waals surface area (Å²) in [5.41, 5.74) is 6.13. The predicted molar refractivity (Wildman–Crippen MR) is 137 cm³/mol. The smallest absolute Gasteiger partial charge is 0.0622 e. The zero-order chi connectivity index (χ0) is 21.5. The normalized spacial score (nSPS) is 12.2. The van der Waals surface area contributed by atoms with Crippen molar-refractivity contribution in [3.8, 4) is 11.1 Å². The van der Waals surface area contributed by atoms with E-state index in [-0.39, 0.29) is 0 Å². The van der Waals surface area contributed by atoms with Gasteiger partial charge in [-0.2, -0.15) is 0 Å². The van der Waals surface area contributed by atoms with Crippen LogP contribution >= 0.6 is 0 Å². The lowest BCUT2D eigenvalue weighted by Crippen LogP contribution is -1.86. The van der Waals surface area contributed by atoms with Crippen LogP contribution in [0.4, 0.5) is 0 Å². The van der Waals surface area contributed by atoms with Gasteiger partial charge in [-0.15, -0.1) is 0 Å². The first kappa shape index (κ1) is 17.1. The number of hydrogen-bond acceptors (Lipinski definition) is 2. The standard InChI is InChI=1S/C30H17N3/c1-3-7-21-18(5-1)13-19-6-2-4-8-22(19)29(21)20-14-23-25-16-31-11-9-27(25)33-28-10-12-32-17-26(28)24(15-20)30(23)33/h1-17H. The highest BCUT2D eigenvalue weighted by molar-refractivity contribution is 6.25. The number of aromatic nitrogens is 3. The number of benzene rings is 4. The first-order chi connectivity index (χ1) is 16.4.